The number of carbonyl (C=O) groups excluding carboxylic acids is 1. The van der Waals surface area contributed by atoms with Gasteiger partial charge in [0.15, 0.2) is 5.78 Å². The van der Waals surface area contributed by atoms with Crippen molar-refractivity contribution in [1.29, 1.82) is 0 Å². The van der Waals surface area contributed by atoms with Crippen molar-refractivity contribution in [3.8, 4) is 0 Å². The molecule has 3 saturated carbocycles. The average molecular weight is 740 g/mol. The largest absolute Gasteiger partial charge is 0.377 e. The molecule has 3 aromatic carbocycles. The number of fused-ring (bicyclic) bond motifs is 6. The van der Waals surface area contributed by atoms with Crippen LogP contribution in [0, 0.1) is 28.6 Å². The molecule has 4 aromatic rings. The predicted octanol–water partition coefficient (Wildman–Crippen LogP) is 7.56. The van der Waals surface area contributed by atoms with E-state index in [4.69, 9.17) is 4.74 Å². The van der Waals surface area contributed by atoms with Crippen molar-refractivity contribution in [3.05, 3.63) is 95.8 Å². The highest BCUT2D eigenvalue weighted by Crippen LogP contribution is 2.66. The number of sulfonamides is 1. The maximum absolute atomic E-state index is 15.9. The lowest BCUT2D eigenvalue weighted by molar-refractivity contribution is -0.185. The number of halogens is 1. The number of alkyl halides is 1. The highest BCUT2D eigenvalue weighted by atomic mass is 32.2. The van der Waals surface area contributed by atoms with Crippen molar-refractivity contribution < 1.29 is 22.3 Å². The Hall–Kier alpha value is -3.93. The molecule has 11 heteroatoms. The maximum Gasteiger partial charge on any atom is 0.241 e. The molecular formula is C42H50FN5O4S. The van der Waals surface area contributed by atoms with Crippen LogP contribution in [0.3, 0.4) is 0 Å². The number of carbonyl (C=O) groups is 1. The van der Waals surface area contributed by atoms with E-state index in [1.165, 1.54) is 10.3 Å². The lowest BCUT2D eigenvalue weighted by atomic mass is 9.47. The molecule has 1 heterocycles. The molecule has 7 atom stereocenters. The molecule has 1 N–H and O–H groups in total. The van der Waals surface area contributed by atoms with Gasteiger partial charge in [-0.05, 0) is 91.7 Å². The van der Waals surface area contributed by atoms with Crippen LogP contribution in [0.1, 0.15) is 76.5 Å². The minimum atomic E-state index is -3.95. The Morgan fingerprint density at radius 2 is 1.72 bits per heavy atom. The first-order valence-corrected chi connectivity index (χ1v) is 20.5. The summed E-state index contributed by atoms with van der Waals surface area (Å²) in [5, 5.41) is 10.2. The lowest BCUT2D eigenvalue weighted by Gasteiger charge is -2.58. The molecule has 0 spiro atoms. The van der Waals surface area contributed by atoms with Gasteiger partial charge >= 0.3 is 0 Å². The van der Waals surface area contributed by atoms with Gasteiger partial charge < -0.3 is 9.64 Å². The van der Waals surface area contributed by atoms with Crippen molar-refractivity contribution in [2.24, 2.45) is 28.6 Å². The molecular weight excluding hydrogens is 690 g/mol. The van der Waals surface area contributed by atoms with Gasteiger partial charge in [0.1, 0.15) is 6.67 Å². The Kier molecular flexibility index (Phi) is 9.14. The van der Waals surface area contributed by atoms with Crippen LogP contribution in [-0.4, -0.2) is 56.1 Å². The SMILES string of the molecule is CN(C)c1cccc2c(S(=O)(=O)NCc3cn(C(CF)(O[C@H]4CC[C@H]5[C@@H]6CCC7=CC(=O)CC[C@]7(C)[C@H]6CC[C@]45C)c4ccccc4)nn3)cccc12. The maximum atomic E-state index is 15.9. The number of hydrogen-bond donors (Lipinski definition) is 1. The minimum absolute atomic E-state index is 0.0747. The van der Waals surface area contributed by atoms with Crippen molar-refractivity contribution in [2.45, 2.75) is 88.5 Å². The number of ether oxygens (including phenoxy) is 1. The Labute approximate surface area is 312 Å². The van der Waals surface area contributed by atoms with E-state index < -0.39 is 22.4 Å². The Bertz CT molecular complexity index is 2170. The van der Waals surface area contributed by atoms with Crippen molar-refractivity contribution in [1.82, 2.24) is 19.7 Å². The smallest absolute Gasteiger partial charge is 0.241 e. The third-order valence-corrected chi connectivity index (χ3v) is 15.1. The van der Waals surface area contributed by atoms with E-state index in [-0.39, 0.29) is 34.2 Å². The van der Waals surface area contributed by atoms with Crippen molar-refractivity contribution in [2.75, 3.05) is 25.7 Å². The average Bonchev–Trinajstić information content (AvgIpc) is 3.77. The standard InChI is InChI=1S/C42H50FN5O4S/c1-40-22-20-31(49)24-29(40)16-17-34-35-18-19-39(41(35,2)23-21-36(34)40)52-42(27-43,28-10-6-5-7-11-28)48-26-30(45-46-48)25-44-53(50,51)38-15-9-12-32-33(38)13-8-14-37(32)47(3)4/h5-15,24,26,34-36,39,44H,16-23,25,27H2,1-4H3/t34-,35-,36-,39-,40-,41-,42?/m0/s1. The van der Waals surface area contributed by atoms with Crippen LogP contribution in [-0.2, 0) is 31.8 Å². The van der Waals surface area contributed by atoms with E-state index >= 15 is 4.39 Å². The van der Waals surface area contributed by atoms with Crippen LogP contribution in [0.2, 0.25) is 0 Å². The number of nitrogens with zero attached hydrogens (tertiary/aromatic N) is 4. The fourth-order valence-electron chi connectivity index (χ4n) is 10.8. The summed E-state index contributed by atoms with van der Waals surface area (Å²) in [6.45, 7) is 3.73. The molecule has 3 fully saturated rings. The summed E-state index contributed by atoms with van der Waals surface area (Å²) in [5.41, 5.74) is 1.59. The van der Waals surface area contributed by atoms with Gasteiger partial charge in [0.25, 0.3) is 0 Å². The molecule has 0 radical (unpaired) electrons. The molecule has 0 bridgehead atoms. The van der Waals surface area contributed by atoms with Gasteiger partial charge in [0.05, 0.1) is 29.4 Å². The molecule has 0 saturated heterocycles. The molecule has 0 aliphatic heterocycles. The van der Waals surface area contributed by atoms with E-state index in [0.29, 0.717) is 40.8 Å². The lowest BCUT2D eigenvalue weighted by Crippen LogP contribution is -2.53. The summed E-state index contributed by atoms with van der Waals surface area (Å²) in [6.07, 6.45) is 10.8. The fourth-order valence-corrected chi connectivity index (χ4v) is 12.0. The number of allylic oxidation sites excluding steroid dienone is 1. The van der Waals surface area contributed by atoms with Gasteiger partial charge in [-0.15, -0.1) is 5.10 Å². The molecule has 280 valence electrons. The second-order valence-corrected chi connectivity index (χ2v) is 18.2. The van der Waals surface area contributed by atoms with Gasteiger partial charge in [-0.2, -0.15) is 0 Å². The van der Waals surface area contributed by atoms with Crippen LogP contribution in [0.15, 0.2) is 89.5 Å². The molecule has 8 rings (SSSR count). The van der Waals surface area contributed by atoms with Gasteiger partial charge in [-0.3, -0.25) is 4.79 Å². The number of ketones is 1. The summed E-state index contributed by atoms with van der Waals surface area (Å²) >= 11 is 0. The minimum Gasteiger partial charge on any atom is -0.377 e. The summed E-state index contributed by atoms with van der Waals surface area (Å²) in [6, 6.07) is 20.2. The molecule has 1 aromatic heterocycles. The third kappa shape index (κ3) is 5.94. The molecule has 1 unspecified atom stereocenters. The molecule has 9 nitrogen and oxygen atoms in total. The number of anilines is 1. The first-order valence-electron chi connectivity index (χ1n) is 19.0. The molecule has 4 aliphatic carbocycles. The summed E-state index contributed by atoms with van der Waals surface area (Å²) in [4.78, 5) is 14.5. The number of hydrogen-bond acceptors (Lipinski definition) is 7. The number of nitrogens with one attached hydrogen (secondary N) is 1. The highest BCUT2D eigenvalue weighted by Gasteiger charge is 2.60. The van der Waals surface area contributed by atoms with Crippen molar-refractivity contribution in [3.63, 3.8) is 0 Å². The van der Waals surface area contributed by atoms with Crippen molar-refractivity contribution >= 4 is 32.3 Å². The van der Waals surface area contributed by atoms with Gasteiger partial charge in [0.2, 0.25) is 15.7 Å². The number of aromatic nitrogens is 3. The first kappa shape index (κ1) is 36.1. The van der Waals surface area contributed by atoms with Gasteiger partial charge in [-0.1, -0.05) is 79.2 Å². The first-order chi connectivity index (χ1) is 25.4. The van der Waals surface area contributed by atoms with Crippen LogP contribution < -0.4 is 9.62 Å². The fraction of sp³-hybridized carbons (Fsp3) is 0.500. The van der Waals surface area contributed by atoms with E-state index in [9.17, 15) is 13.2 Å². The zero-order valence-electron chi connectivity index (χ0n) is 31.1. The van der Waals surface area contributed by atoms with E-state index in [1.807, 2.05) is 79.7 Å². The Balaban J connectivity index is 1.06. The molecule has 53 heavy (non-hydrogen) atoms. The third-order valence-electron chi connectivity index (χ3n) is 13.6. The number of benzene rings is 3. The van der Waals surface area contributed by atoms with Gasteiger partial charge in [0, 0.05) is 42.5 Å². The predicted molar refractivity (Wildman–Crippen MR) is 203 cm³/mol. The molecule has 0 amide bonds. The van der Waals surface area contributed by atoms with Crippen LogP contribution >= 0.6 is 0 Å². The quantitative estimate of drug-likeness (QED) is 0.179. The van der Waals surface area contributed by atoms with Crippen LogP contribution in [0.25, 0.3) is 10.8 Å². The van der Waals surface area contributed by atoms with E-state index in [2.05, 4.69) is 28.9 Å². The summed E-state index contributed by atoms with van der Waals surface area (Å²) < 4.78 is 54.6. The monoisotopic (exact) mass is 739 g/mol. The zero-order valence-corrected chi connectivity index (χ0v) is 31.9. The number of rotatable bonds is 10. The van der Waals surface area contributed by atoms with E-state index in [1.54, 1.807) is 18.3 Å². The Morgan fingerprint density at radius 1 is 0.943 bits per heavy atom. The highest BCUT2D eigenvalue weighted by molar-refractivity contribution is 7.89. The van der Waals surface area contributed by atoms with Gasteiger partial charge in [-0.25, -0.2) is 22.2 Å². The second kappa shape index (κ2) is 13.4. The topological polar surface area (TPSA) is 106 Å². The van der Waals surface area contributed by atoms with Crippen LogP contribution in [0.5, 0.6) is 0 Å². The Morgan fingerprint density at radius 3 is 2.49 bits per heavy atom. The zero-order chi connectivity index (χ0) is 37.2. The summed E-state index contributed by atoms with van der Waals surface area (Å²) in [5.74, 6) is 1.79. The summed E-state index contributed by atoms with van der Waals surface area (Å²) in [7, 11) is -0.0958. The van der Waals surface area contributed by atoms with E-state index in [0.717, 1.165) is 56.0 Å². The molecule has 4 aliphatic rings. The normalized spacial score (nSPS) is 29.5. The van der Waals surface area contributed by atoms with Crippen LogP contribution in [0.4, 0.5) is 10.1 Å². The second-order valence-electron chi connectivity index (χ2n) is 16.5.